The molecule has 0 aromatic heterocycles. The lowest BCUT2D eigenvalue weighted by atomic mass is 9.99. The van der Waals surface area contributed by atoms with Crippen LogP contribution >= 0.6 is 0 Å². The van der Waals surface area contributed by atoms with Crippen LogP contribution in [-0.4, -0.2) is 11.6 Å². The van der Waals surface area contributed by atoms with Crippen LogP contribution in [0, 0.1) is 0 Å². The third kappa shape index (κ3) is 7.73. The van der Waals surface area contributed by atoms with Gasteiger partial charge in [-0.2, -0.15) is 0 Å². The van der Waals surface area contributed by atoms with Gasteiger partial charge in [0.25, 0.3) is 0 Å². The van der Waals surface area contributed by atoms with Crippen molar-refractivity contribution in [2.24, 2.45) is 0 Å². The summed E-state index contributed by atoms with van der Waals surface area (Å²) in [7, 11) is 0. The molecule has 1 saturated heterocycles. The number of esters is 1. The van der Waals surface area contributed by atoms with Crippen molar-refractivity contribution in [3.63, 3.8) is 0 Å². The number of ether oxygens (including phenoxy) is 1. The third-order valence-electron chi connectivity index (χ3n) is 3.80. The number of carbonyl (C=O) groups is 1. The summed E-state index contributed by atoms with van der Waals surface area (Å²) in [4.78, 5) is 11.7. The maximum Gasteiger partial charge on any atom is 0.306 e. The summed E-state index contributed by atoms with van der Waals surface area (Å²) in [6.45, 7) is 4.09. The summed E-state index contributed by atoms with van der Waals surface area (Å²) in [6.07, 6.45) is 14.3. The van der Waals surface area contributed by atoms with Crippen LogP contribution in [0.5, 0.6) is 0 Å². The quantitative estimate of drug-likeness (QED) is 0.568. The Labute approximate surface area is 112 Å². The van der Waals surface area contributed by atoms with E-state index in [9.17, 15) is 4.79 Å². The van der Waals surface area contributed by atoms with Crippen molar-refractivity contribution in [1.29, 1.82) is 0 Å². The largest absolute Gasteiger partial charge is 0.460 e. The van der Waals surface area contributed by atoms with Gasteiger partial charge in [-0.1, -0.05) is 51.4 Å². The molecule has 18 heavy (non-hydrogen) atoms. The number of cyclic esters (lactones) is 1. The van der Waals surface area contributed by atoms with Crippen LogP contribution in [0.1, 0.15) is 90.9 Å². The lowest BCUT2D eigenvalue weighted by Gasteiger charge is -2.25. The number of carbonyl (C=O) groups excluding carboxylic acids is 1. The summed E-state index contributed by atoms with van der Waals surface area (Å²) >= 11 is 0. The Morgan fingerprint density at radius 1 is 0.778 bits per heavy atom. The first-order chi connectivity index (χ1) is 8.60. The summed E-state index contributed by atoms with van der Waals surface area (Å²) in [5.74, 6) is -0.00475. The van der Waals surface area contributed by atoms with Crippen molar-refractivity contribution in [2.45, 2.75) is 96.5 Å². The normalized spacial score (nSPS) is 24.7. The van der Waals surface area contributed by atoms with Crippen LogP contribution in [0.2, 0.25) is 0 Å². The van der Waals surface area contributed by atoms with Crippen LogP contribution in [0.3, 0.4) is 0 Å². The Morgan fingerprint density at radius 2 is 1.22 bits per heavy atom. The zero-order valence-electron chi connectivity index (χ0n) is 12.3. The Morgan fingerprint density at radius 3 is 1.78 bits per heavy atom. The molecule has 0 saturated carbocycles. The van der Waals surface area contributed by atoms with Gasteiger partial charge in [0.15, 0.2) is 0 Å². The van der Waals surface area contributed by atoms with Gasteiger partial charge >= 0.3 is 5.97 Å². The second-order valence-corrected chi connectivity index (χ2v) is 6.27. The van der Waals surface area contributed by atoms with E-state index in [-0.39, 0.29) is 11.6 Å². The molecular formula is C16H30O2. The molecule has 1 fully saturated rings. The third-order valence-corrected chi connectivity index (χ3v) is 3.80. The molecule has 1 aliphatic rings. The molecule has 2 nitrogen and oxygen atoms in total. The lowest BCUT2D eigenvalue weighted by molar-refractivity contribution is -0.157. The van der Waals surface area contributed by atoms with E-state index >= 15 is 0 Å². The first-order valence-electron chi connectivity index (χ1n) is 7.82. The molecule has 0 atom stereocenters. The van der Waals surface area contributed by atoms with Crippen LogP contribution in [-0.2, 0) is 9.53 Å². The molecular weight excluding hydrogens is 224 g/mol. The van der Waals surface area contributed by atoms with E-state index in [1.165, 1.54) is 57.8 Å². The van der Waals surface area contributed by atoms with Gasteiger partial charge in [-0.25, -0.2) is 0 Å². The van der Waals surface area contributed by atoms with Gasteiger partial charge in [0.05, 0.1) is 0 Å². The Hall–Kier alpha value is -0.530. The minimum atomic E-state index is -0.267. The van der Waals surface area contributed by atoms with E-state index < -0.39 is 0 Å². The van der Waals surface area contributed by atoms with E-state index in [0.717, 1.165) is 12.8 Å². The predicted octanol–water partition coefficient (Wildman–Crippen LogP) is 5.00. The van der Waals surface area contributed by atoms with Crippen LogP contribution in [0.15, 0.2) is 0 Å². The fourth-order valence-corrected chi connectivity index (χ4v) is 2.64. The maximum atomic E-state index is 11.7. The van der Waals surface area contributed by atoms with E-state index in [1.54, 1.807) is 0 Å². The van der Waals surface area contributed by atoms with E-state index in [1.807, 2.05) is 13.8 Å². The molecule has 106 valence electrons. The van der Waals surface area contributed by atoms with Gasteiger partial charge in [0.2, 0.25) is 0 Å². The van der Waals surface area contributed by atoms with Crippen molar-refractivity contribution in [3.8, 4) is 0 Å². The van der Waals surface area contributed by atoms with Crippen LogP contribution in [0.25, 0.3) is 0 Å². The lowest BCUT2D eigenvalue weighted by Crippen LogP contribution is -2.27. The van der Waals surface area contributed by atoms with E-state index in [4.69, 9.17) is 4.74 Å². The molecule has 0 aromatic carbocycles. The van der Waals surface area contributed by atoms with Crippen LogP contribution in [0.4, 0.5) is 0 Å². The molecule has 2 heteroatoms. The summed E-state index contributed by atoms with van der Waals surface area (Å²) in [6, 6.07) is 0. The van der Waals surface area contributed by atoms with E-state index in [2.05, 4.69) is 0 Å². The van der Waals surface area contributed by atoms with Crippen molar-refractivity contribution in [1.82, 2.24) is 0 Å². The molecule has 1 heterocycles. The molecule has 0 aliphatic carbocycles. The van der Waals surface area contributed by atoms with Crippen LogP contribution < -0.4 is 0 Å². The number of hydrogen-bond acceptors (Lipinski definition) is 2. The monoisotopic (exact) mass is 254 g/mol. The van der Waals surface area contributed by atoms with Gasteiger partial charge in [-0.15, -0.1) is 0 Å². The first-order valence-corrected chi connectivity index (χ1v) is 7.82. The van der Waals surface area contributed by atoms with Gasteiger partial charge in [0.1, 0.15) is 5.60 Å². The smallest absolute Gasteiger partial charge is 0.306 e. The second kappa shape index (κ2) is 8.55. The van der Waals surface area contributed by atoms with Gasteiger partial charge in [-0.3, -0.25) is 4.79 Å². The topological polar surface area (TPSA) is 26.3 Å². The minimum absolute atomic E-state index is 0.00475. The van der Waals surface area contributed by atoms with Gasteiger partial charge < -0.3 is 4.74 Å². The number of hydrogen-bond donors (Lipinski definition) is 0. The summed E-state index contributed by atoms with van der Waals surface area (Å²) in [5.41, 5.74) is -0.267. The average molecular weight is 254 g/mol. The Balaban J connectivity index is 2.35. The van der Waals surface area contributed by atoms with Crippen molar-refractivity contribution >= 4 is 5.97 Å². The average Bonchev–Trinajstić information content (AvgIpc) is 2.29. The molecule has 0 aromatic rings. The minimum Gasteiger partial charge on any atom is -0.460 e. The summed E-state index contributed by atoms with van der Waals surface area (Å²) in [5, 5.41) is 0. The maximum absolute atomic E-state index is 11.7. The van der Waals surface area contributed by atoms with Crippen molar-refractivity contribution in [2.75, 3.05) is 0 Å². The van der Waals surface area contributed by atoms with Gasteiger partial charge in [0, 0.05) is 6.42 Å². The summed E-state index contributed by atoms with van der Waals surface area (Å²) < 4.78 is 5.57. The standard InChI is InChI=1S/C16H30O2/c1-16(2)14-12-10-8-6-4-3-5-7-9-11-13-15(17)18-16/h3-14H2,1-2H3. The molecule has 1 rings (SSSR count). The molecule has 0 N–H and O–H groups in total. The zero-order chi connectivity index (χ0) is 13.3. The van der Waals surface area contributed by atoms with Gasteiger partial charge in [-0.05, 0) is 33.1 Å². The molecule has 0 amide bonds. The Kier molecular flexibility index (Phi) is 7.38. The molecule has 0 bridgehead atoms. The highest BCUT2D eigenvalue weighted by atomic mass is 16.6. The molecule has 1 aliphatic heterocycles. The molecule has 0 unspecified atom stereocenters. The fourth-order valence-electron chi connectivity index (χ4n) is 2.64. The molecule has 0 spiro atoms. The number of rotatable bonds is 0. The second-order valence-electron chi connectivity index (χ2n) is 6.27. The van der Waals surface area contributed by atoms with Crippen molar-refractivity contribution < 1.29 is 9.53 Å². The molecule has 0 radical (unpaired) electrons. The predicted molar refractivity (Wildman–Crippen MR) is 75.6 cm³/mol. The SMILES string of the molecule is CC1(C)CCCCCCCCCCCCC(=O)O1. The van der Waals surface area contributed by atoms with Crippen molar-refractivity contribution in [3.05, 3.63) is 0 Å². The highest BCUT2D eigenvalue weighted by Gasteiger charge is 2.21. The fraction of sp³-hybridized carbons (Fsp3) is 0.938. The zero-order valence-corrected chi connectivity index (χ0v) is 12.3. The Bertz CT molecular complexity index is 233. The highest BCUT2D eigenvalue weighted by Crippen LogP contribution is 2.21. The highest BCUT2D eigenvalue weighted by molar-refractivity contribution is 5.69. The van der Waals surface area contributed by atoms with E-state index in [0.29, 0.717) is 6.42 Å². The first kappa shape index (κ1) is 15.5.